The topological polar surface area (TPSA) is 59.1 Å². The van der Waals surface area contributed by atoms with Crippen LogP contribution in [0.15, 0.2) is 52.0 Å². The third-order valence-electron chi connectivity index (χ3n) is 2.35. The molecule has 94 valence electrons. The summed E-state index contributed by atoms with van der Waals surface area (Å²) in [4.78, 5) is 4.37. The lowest BCUT2D eigenvalue weighted by Crippen LogP contribution is -2.14. The zero-order valence-electron chi connectivity index (χ0n) is 9.59. The summed E-state index contributed by atoms with van der Waals surface area (Å²) in [5.41, 5.74) is 1.09. The summed E-state index contributed by atoms with van der Waals surface area (Å²) < 4.78 is 27.4. The number of nitrogens with one attached hydrogen (secondary N) is 1. The van der Waals surface area contributed by atoms with Gasteiger partial charge < -0.3 is 0 Å². The number of nitrogens with zero attached hydrogens (tertiary/aromatic N) is 1. The fourth-order valence-corrected chi connectivity index (χ4v) is 2.98. The van der Waals surface area contributed by atoms with Crippen molar-refractivity contribution < 1.29 is 8.42 Å². The van der Waals surface area contributed by atoms with Crippen LogP contribution in [0.1, 0.15) is 5.69 Å². The minimum absolute atomic E-state index is 0.229. The number of aromatic nitrogens is 1. The molecule has 1 heterocycles. The molecule has 1 N–H and O–H groups in total. The van der Waals surface area contributed by atoms with E-state index in [1.165, 1.54) is 0 Å². The van der Waals surface area contributed by atoms with Crippen molar-refractivity contribution in [3.05, 3.63) is 52.8 Å². The van der Waals surface area contributed by atoms with Crippen molar-refractivity contribution in [3.63, 3.8) is 0 Å². The van der Waals surface area contributed by atoms with Crippen LogP contribution in [0.5, 0.6) is 0 Å². The number of sulfonamides is 1. The van der Waals surface area contributed by atoms with Gasteiger partial charge in [-0.1, -0.05) is 18.2 Å². The molecule has 0 radical (unpaired) electrons. The molecular formula is C12H11BrN2O2S. The van der Waals surface area contributed by atoms with E-state index in [4.69, 9.17) is 0 Å². The Bertz CT molecular complexity index is 657. The van der Waals surface area contributed by atoms with E-state index in [1.807, 2.05) is 0 Å². The minimum atomic E-state index is -3.55. The Morgan fingerprint density at radius 3 is 2.39 bits per heavy atom. The summed E-state index contributed by atoms with van der Waals surface area (Å²) in [6, 6.07) is 11.6. The van der Waals surface area contributed by atoms with Gasteiger partial charge in [0.05, 0.1) is 16.3 Å². The number of benzene rings is 1. The maximum Gasteiger partial charge on any atom is 0.261 e. The highest BCUT2D eigenvalue weighted by atomic mass is 79.9. The van der Waals surface area contributed by atoms with Crippen LogP contribution in [0.2, 0.25) is 0 Å². The Morgan fingerprint density at radius 2 is 1.78 bits per heavy atom. The van der Waals surface area contributed by atoms with E-state index < -0.39 is 10.0 Å². The second kappa shape index (κ2) is 5.07. The largest absolute Gasteiger partial charge is 0.278 e. The SMILES string of the molecule is Cc1nc(Br)ccc1NS(=O)(=O)c1ccccc1. The Balaban J connectivity index is 2.34. The lowest BCUT2D eigenvalue weighted by atomic mass is 10.3. The quantitative estimate of drug-likeness (QED) is 0.882. The highest BCUT2D eigenvalue weighted by Crippen LogP contribution is 2.20. The molecule has 0 saturated carbocycles. The lowest BCUT2D eigenvalue weighted by molar-refractivity contribution is 0.601. The van der Waals surface area contributed by atoms with Gasteiger partial charge in [-0.3, -0.25) is 4.72 Å². The van der Waals surface area contributed by atoms with E-state index in [-0.39, 0.29) is 4.90 Å². The third-order valence-corrected chi connectivity index (χ3v) is 4.17. The summed E-state index contributed by atoms with van der Waals surface area (Å²) in [6.45, 7) is 1.74. The number of aryl methyl sites for hydroxylation is 1. The molecule has 0 aliphatic rings. The van der Waals surface area contributed by atoms with Gasteiger partial charge in [0.25, 0.3) is 10.0 Å². The van der Waals surface area contributed by atoms with Crippen molar-refractivity contribution in [1.82, 2.24) is 4.98 Å². The van der Waals surface area contributed by atoms with Gasteiger partial charge in [0.1, 0.15) is 4.60 Å². The van der Waals surface area contributed by atoms with Gasteiger partial charge in [-0.05, 0) is 47.1 Å². The molecule has 0 fully saturated rings. The zero-order valence-corrected chi connectivity index (χ0v) is 12.0. The monoisotopic (exact) mass is 326 g/mol. The van der Waals surface area contributed by atoms with E-state index in [0.29, 0.717) is 16.0 Å². The first kappa shape index (κ1) is 13.0. The summed E-state index contributed by atoms with van der Waals surface area (Å²) >= 11 is 3.23. The number of anilines is 1. The van der Waals surface area contributed by atoms with Crippen molar-refractivity contribution >= 4 is 31.6 Å². The predicted molar refractivity (Wildman–Crippen MR) is 73.9 cm³/mol. The molecule has 4 nitrogen and oxygen atoms in total. The van der Waals surface area contributed by atoms with Crippen LogP contribution in [0.25, 0.3) is 0 Å². The molecule has 1 aromatic carbocycles. The molecule has 0 aliphatic heterocycles. The predicted octanol–water partition coefficient (Wildman–Crippen LogP) is 2.95. The standard InChI is InChI=1S/C12H11BrN2O2S/c1-9-11(7-8-12(13)14-9)15-18(16,17)10-5-3-2-4-6-10/h2-8,15H,1H3. The summed E-state index contributed by atoms with van der Waals surface area (Å²) in [6.07, 6.45) is 0. The summed E-state index contributed by atoms with van der Waals surface area (Å²) in [5, 5.41) is 0. The molecule has 18 heavy (non-hydrogen) atoms. The maximum atomic E-state index is 12.1. The number of hydrogen-bond acceptors (Lipinski definition) is 3. The van der Waals surface area contributed by atoms with Crippen LogP contribution >= 0.6 is 15.9 Å². The molecule has 0 aliphatic carbocycles. The molecule has 0 unspecified atom stereocenters. The molecule has 6 heteroatoms. The van der Waals surface area contributed by atoms with E-state index in [0.717, 1.165) is 0 Å². The van der Waals surface area contributed by atoms with E-state index >= 15 is 0 Å². The van der Waals surface area contributed by atoms with Crippen LogP contribution in [0.4, 0.5) is 5.69 Å². The highest BCUT2D eigenvalue weighted by Gasteiger charge is 2.14. The smallest absolute Gasteiger partial charge is 0.261 e. The van der Waals surface area contributed by atoms with Crippen molar-refractivity contribution in [2.75, 3.05) is 4.72 Å². The van der Waals surface area contributed by atoms with Gasteiger partial charge in [-0.2, -0.15) is 0 Å². The Morgan fingerprint density at radius 1 is 1.11 bits per heavy atom. The van der Waals surface area contributed by atoms with Crippen LogP contribution < -0.4 is 4.72 Å². The maximum absolute atomic E-state index is 12.1. The number of pyridine rings is 1. The molecule has 0 spiro atoms. The highest BCUT2D eigenvalue weighted by molar-refractivity contribution is 9.10. The van der Waals surface area contributed by atoms with E-state index in [9.17, 15) is 8.42 Å². The minimum Gasteiger partial charge on any atom is -0.278 e. The normalized spacial score (nSPS) is 11.2. The van der Waals surface area contributed by atoms with Crippen LogP contribution in [-0.4, -0.2) is 13.4 Å². The summed E-state index contributed by atoms with van der Waals surface area (Å²) in [7, 11) is -3.55. The second-order valence-corrected chi connectivity index (χ2v) is 6.18. The molecule has 0 atom stereocenters. The molecule has 0 bridgehead atoms. The van der Waals surface area contributed by atoms with Gasteiger partial charge in [0, 0.05) is 0 Å². The van der Waals surface area contributed by atoms with Gasteiger partial charge in [-0.25, -0.2) is 13.4 Å². The molecular weight excluding hydrogens is 316 g/mol. The first-order valence-corrected chi connectivity index (χ1v) is 7.48. The molecule has 0 amide bonds. The lowest BCUT2D eigenvalue weighted by Gasteiger charge is -2.10. The fraction of sp³-hybridized carbons (Fsp3) is 0.0833. The number of halogens is 1. The molecule has 0 saturated heterocycles. The van der Waals surface area contributed by atoms with E-state index in [2.05, 4.69) is 25.6 Å². The van der Waals surface area contributed by atoms with Gasteiger partial charge in [-0.15, -0.1) is 0 Å². The average molecular weight is 327 g/mol. The Hall–Kier alpha value is -1.40. The van der Waals surface area contributed by atoms with Crippen molar-refractivity contribution in [3.8, 4) is 0 Å². The van der Waals surface area contributed by atoms with Gasteiger partial charge in [0.2, 0.25) is 0 Å². The first-order chi connectivity index (χ1) is 8.49. The van der Waals surface area contributed by atoms with Crippen molar-refractivity contribution in [2.24, 2.45) is 0 Å². The van der Waals surface area contributed by atoms with Crippen LogP contribution in [0, 0.1) is 6.92 Å². The number of hydrogen-bond donors (Lipinski definition) is 1. The molecule has 1 aromatic heterocycles. The average Bonchev–Trinajstić information content (AvgIpc) is 2.34. The zero-order chi connectivity index (χ0) is 13.2. The summed E-state index contributed by atoms with van der Waals surface area (Å²) in [5.74, 6) is 0. The first-order valence-electron chi connectivity index (χ1n) is 5.20. The molecule has 2 rings (SSSR count). The van der Waals surface area contributed by atoms with Gasteiger partial charge in [0.15, 0.2) is 0 Å². The van der Waals surface area contributed by atoms with Gasteiger partial charge >= 0.3 is 0 Å². The van der Waals surface area contributed by atoms with Crippen molar-refractivity contribution in [2.45, 2.75) is 11.8 Å². The van der Waals surface area contributed by atoms with Crippen molar-refractivity contribution in [1.29, 1.82) is 0 Å². The Labute approximate surface area is 114 Å². The van der Waals surface area contributed by atoms with Crippen LogP contribution in [0.3, 0.4) is 0 Å². The molecule has 2 aromatic rings. The van der Waals surface area contributed by atoms with E-state index in [1.54, 1.807) is 49.4 Å². The second-order valence-electron chi connectivity index (χ2n) is 3.69. The van der Waals surface area contributed by atoms with Crippen LogP contribution in [-0.2, 0) is 10.0 Å². The fourth-order valence-electron chi connectivity index (χ4n) is 1.44. The third kappa shape index (κ3) is 2.88. The number of rotatable bonds is 3. The Kier molecular flexibility index (Phi) is 3.68.